The molecule has 0 saturated carbocycles. The van der Waals surface area contributed by atoms with Crippen LogP contribution in [0.15, 0.2) is 24.3 Å². The Hall–Kier alpha value is -1.02. The minimum Gasteiger partial charge on any atom is -0.492 e. The van der Waals surface area contributed by atoms with Crippen LogP contribution in [0.5, 0.6) is 5.75 Å². The van der Waals surface area contributed by atoms with Crippen LogP contribution in [0.1, 0.15) is 33.3 Å². The van der Waals surface area contributed by atoms with E-state index in [0.717, 1.165) is 5.75 Å². The van der Waals surface area contributed by atoms with Gasteiger partial charge in [-0.1, -0.05) is 39.0 Å². The summed E-state index contributed by atoms with van der Waals surface area (Å²) in [6.07, 6.45) is 0. The SMILES string of the molecule is C[C@@H](N)COc1ccccc1C(C)(C)C. The van der Waals surface area contributed by atoms with Gasteiger partial charge in [-0.15, -0.1) is 0 Å². The van der Waals surface area contributed by atoms with Crippen molar-refractivity contribution in [3.05, 3.63) is 29.8 Å². The van der Waals surface area contributed by atoms with E-state index in [9.17, 15) is 0 Å². The average molecular weight is 207 g/mol. The second-order valence-electron chi connectivity index (χ2n) is 5.03. The van der Waals surface area contributed by atoms with Gasteiger partial charge >= 0.3 is 0 Å². The molecule has 2 nitrogen and oxygen atoms in total. The molecule has 0 fully saturated rings. The molecule has 0 heterocycles. The van der Waals surface area contributed by atoms with E-state index < -0.39 is 0 Å². The Labute approximate surface area is 92.4 Å². The van der Waals surface area contributed by atoms with E-state index in [-0.39, 0.29) is 11.5 Å². The van der Waals surface area contributed by atoms with Crippen molar-refractivity contribution >= 4 is 0 Å². The minimum absolute atomic E-state index is 0.0676. The third kappa shape index (κ3) is 3.56. The zero-order valence-corrected chi connectivity index (χ0v) is 10.1. The number of nitrogens with two attached hydrogens (primary N) is 1. The number of hydrogen-bond donors (Lipinski definition) is 1. The molecule has 0 spiro atoms. The van der Waals surface area contributed by atoms with Gasteiger partial charge in [0.1, 0.15) is 12.4 Å². The van der Waals surface area contributed by atoms with Gasteiger partial charge in [0.15, 0.2) is 0 Å². The van der Waals surface area contributed by atoms with Crippen molar-refractivity contribution in [3.8, 4) is 5.75 Å². The molecule has 1 aromatic carbocycles. The molecule has 0 aromatic heterocycles. The normalized spacial score (nSPS) is 13.7. The van der Waals surface area contributed by atoms with E-state index >= 15 is 0 Å². The lowest BCUT2D eigenvalue weighted by Crippen LogP contribution is -2.24. The molecule has 2 N–H and O–H groups in total. The van der Waals surface area contributed by atoms with E-state index in [1.54, 1.807) is 0 Å². The summed E-state index contributed by atoms with van der Waals surface area (Å²) < 4.78 is 5.70. The van der Waals surface area contributed by atoms with Crippen LogP contribution in [0.2, 0.25) is 0 Å². The average Bonchev–Trinajstić information content (AvgIpc) is 2.13. The molecule has 0 aliphatic carbocycles. The van der Waals surface area contributed by atoms with Crippen LogP contribution in [-0.2, 0) is 5.41 Å². The van der Waals surface area contributed by atoms with Gasteiger partial charge in [0, 0.05) is 6.04 Å². The maximum atomic E-state index is 5.70. The third-order valence-corrected chi connectivity index (χ3v) is 2.20. The molecule has 84 valence electrons. The Morgan fingerprint density at radius 2 is 1.87 bits per heavy atom. The number of ether oxygens (including phenoxy) is 1. The van der Waals surface area contributed by atoms with Crippen molar-refractivity contribution in [2.24, 2.45) is 5.73 Å². The van der Waals surface area contributed by atoms with Crippen molar-refractivity contribution in [1.29, 1.82) is 0 Å². The largest absolute Gasteiger partial charge is 0.492 e. The predicted molar refractivity (Wildman–Crippen MR) is 64.3 cm³/mol. The monoisotopic (exact) mass is 207 g/mol. The summed E-state index contributed by atoms with van der Waals surface area (Å²) in [7, 11) is 0. The number of rotatable bonds is 3. The zero-order valence-electron chi connectivity index (χ0n) is 10.1. The smallest absolute Gasteiger partial charge is 0.123 e. The van der Waals surface area contributed by atoms with Crippen LogP contribution in [0, 0.1) is 0 Å². The van der Waals surface area contributed by atoms with Gasteiger partial charge in [0.25, 0.3) is 0 Å². The second kappa shape index (κ2) is 4.67. The molecule has 1 atom stereocenters. The van der Waals surface area contributed by atoms with E-state index in [4.69, 9.17) is 10.5 Å². The highest BCUT2D eigenvalue weighted by Crippen LogP contribution is 2.30. The molecular weight excluding hydrogens is 186 g/mol. The first kappa shape index (κ1) is 12.1. The van der Waals surface area contributed by atoms with Gasteiger partial charge < -0.3 is 10.5 Å². The maximum Gasteiger partial charge on any atom is 0.123 e. The zero-order chi connectivity index (χ0) is 11.5. The van der Waals surface area contributed by atoms with Crippen LogP contribution >= 0.6 is 0 Å². The Morgan fingerprint density at radius 3 is 2.40 bits per heavy atom. The quantitative estimate of drug-likeness (QED) is 0.827. The fourth-order valence-corrected chi connectivity index (χ4v) is 1.43. The van der Waals surface area contributed by atoms with E-state index in [2.05, 4.69) is 26.8 Å². The molecule has 0 radical (unpaired) electrons. The first-order valence-electron chi connectivity index (χ1n) is 5.39. The number of para-hydroxylation sites is 1. The third-order valence-electron chi connectivity index (χ3n) is 2.20. The minimum atomic E-state index is 0.0676. The first-order chi connectivity index (χ1) is 6.91. The Morgan fingerprint density at radius 1 is 1.27 bits per heavy atom. The van der Waals surface area contributed by atoms with E-state index in [0.29, 0.717) is 6.61 Å². The van der Waals surface area contributed by atoms with Crippen molar-refractivity contribution in [3.63, 3.8) is 0 Å². The molecule has 0 bridgehead atoms. The van der Waals surface area contributed by atoms with Crippen LogP contribution in [0.4, 0.5) is 0 Å². The first-order valence-corrected chi connectivity index (χ1v) is 5.39. The molecule has 0 unspecified atom stereocenters. The number of hydrogen-bond acceptors (Lipinski definition) is 2. The molecule has 2 heteroatoms. The molecule has 0 aliphatic heterocycles. The van der Waals surface area contributed by atoms with Crippen LogP contribution in [-0.4, -0.2) is 12.6 Å². The van der Waals surface area contributed by atoms with Gasteiger partial charge in [-0.3, -0.25) is 0 Å². The topological polar surface area (TPSA) is 35.2 Å². The Bertz CT molecular complexity index is 313. The number of benzene rings is 1. The highest BCUT2D eigenvalue weighted by Gasteiger charge is 2.18. The maximum absolute atomic E-state index is 5.70. The summed E-state index contributed by atoms with van der Waals surface area (Å²) in [5.74, 6) is 0.947. The summed E-state index contributed by atoms with van der Waals surface area (Å²) in [6.45, 7) is 9.05. The van der Waals surface area contributed by atoms with E-state index in [1.807, 2.05) is 25.1 Å². The van der Waals surface area contributed by atoms with Crippen molar-refractivity contribution < 1.29 is 4.74 Å². The standard InChI is InChI=1S/C13H21NO/c1-10(14)9-15-12-8-6-5-7-11(12)13(2,3)4/h5-8,10H,9,14H2,1-4H3/t10-/m1/s1. The van der Waals surface area contributed by atoms with Crippen molar-refractivity contribution in [2.45, 2.75) is 39.2 Å². The second-order valence-corrected chi connectivity index (χ2v) is 5.03. The van der Waals surface area contributed by atoms with Gasteiger partial charge in [-0.05, 0) is 24.0 Å². The summed E-state index contributed by atoms with van der Waals surface area (Å²) in [5, 5.41) is 0. The lowest BCUT2D eigenvalue weighted by atomic mass is 9.86. The lowest BCUT2D eigenvalue weighted by Gasteiger charge is -2.23. The lowest BCUT2D eigenvalue weighted by molar-refractivity contribution is 0.289. The van der Waals surface area contributed by atoms with Gasteiger partial charge in [-0.2, -0.15) is 0 Å². The molecule has 0 aliphatic rings. The summed E-state index contributed by atoms with van der Waals surface area (Å²) >= 11 is 0. The highest BCUT2D eigenvalue weighted by molar-refractivity contribution is 5.38. The molecule has 0 amide bonds. The predicted octanol–water partition coefficient (Wildman–Crippen LogP) is 2.71. The van der Waals surface area contributed by atoms with Crippen LogP contribution in [0.3, 0.4) is 0 Å². The Balaban J connectivity index is 2.87. The van der Waals surface area contributed by atoms with Gasteiger partial charge in [0.2, 0.25) is 0 Å². The summed E-state index contributed by atoms with van der Waals surface area (Å²) in [5.41, 5.74) is 7.01. The Kier molecular flexibility index (Phi) is 3.75. The van der Waals surface area contributed by atoms with Gasteiger partial charge in [0.05, 0.1) is 0 Å². The van der Waals surface area contributed by atoms with Crippen molar-refractivity contribution in [1.82, 2.24) is 0 Å². The van der Waals surface area contributed by atoms with E-state index in [1.165, 1.54) is 5.56 Å². The molecule has 0 saturated heterocycles. The molecular formula is C13H21NO. The van der Waals surface area contributed by atoms with Crippen LogP contribution < -0.4 is 10.5 Å². The molecule has 15 heavy (non-hydrogen) atoms. The fraction of sp³-hybridized carbons (Fsp3) is 0.538. The van der Waals surface area contributed by atoms with Gasteiger partial charge in [-0.25, -0.2) is 0 Å². The van der Waals surface area contributed by atoms with Crippen LogP contribution in [0.25, 0.3) is 0 Å². The summed E-state index contributed by atoms with van der Waals surface area (Å²) in [6, 6.07) is 8.21. The molecule has 1 aromatic rings. The van der Waals surface area contributed by atoms with Crippen molar-refractivity contribution in [2.75, 3.05) is 6.61 Å². The fourth-order valence-electron chi connectivity index (χ4n) is 1.43. The molecule has 1 rings (SSSR count). The highest BCUT2D eigenvalue weighted by atomic mass is 16.5. The summed E-state index contributed by atoms with van der Waals surface area (Å²) in [4.78, 5) is 0.